The summed E-state index contributed by atoms with van der Waals surface area (Å²) < 4.78 is 0. The quantitative estimate of drug-likeness (QED) is 0.538. The second kappa shape index (κ2) is 4.12. The molecule has 0 aromatic heterocycles. The molecule has 0 saturated heterocycles. The third-order valence-electron chi connectivity index (χ3n) is 6.21. The smallest absolute Gasteiger partial charge is 0.00407 e. The molecule has 0 saturated carbocycles. The van der Waals surface area contributed by atoms with Crippen LogP contribution in [0.1, 0.15) is 82.2 Å². The summed E-state index contributed by atoms with van der Waals surface area (Å²) in [5.74, 6) is 0.610. The van der Waals surface area contributed by atoms with E-state index in [0.29, 0.717) is 11.3 Å². The molecule has 1 unspecified atom stereocenters. The van der Waals surface area contributed by atoms with E-state index >= 15 is 0 Å². The van der Waals surface area contributed by atoms with Crippen LogP contribution in [-0.2, 0) is 5.41 Å². The molecule has 0 heteroatoms. The van der Waals surface area contributed by atoms with Crippen LogP contribution in [0.25, 0.3) is 0 Å². The molecular weight excluding hydrogens is 240 g/mol. The fourth-order valence-electron chi connectivity index (χ4n) is 4.84. The van der Waals surface area contributed by atoms with Gasteiger partial charge >= 0.3 is 0 Å². The molecule has 112 valence electrons. The van der Waals surface area contributed by atoms with Crippen molar-refractivity contribution in [1.29, 1.82) is 0 Å². The molecule has 0 nitrogen and oxygen atoms in total. The summed E-state index contributed by atoms with van der Waals surface area (Å²) in [7, 11) is 0. The topological polar surface area (TPSA) is 0 Å². The van der Waals surface area contributed by atoms with E-state index in [1.165, 1.54) is 16.7 Å². The lowest BCUT2D eigenvalue weighted by Gasteiger charge is -2.45. The van der Waals surface area contributed by atoms with Crippen molar-refractivity contribution >= 4 is 0 Å². The van der Waals surface area contributed by atoms with Gasteiger partial charge in [0.15, 0.2) is 0 Å². The van der Waals surface area contributed by atoms with Crippen molar-refractivity contribution in [1.82, 2.24) is 0 Å². The highest BCUT2D eigenvalue weighted by molar-refractivity contribution is 5.56. The van der Waals surface area contributed by atoms with Gasteiger partial charge in [-0.05, 0) is 70.8 Å². The van der Waals surface area contributed by atoms with Gasteiger partial charge in [-0.2, -0.15) is 0 Å². The summed E-state index contributed by atoms with van der Waals surface area (Å²) in [6.07, 6.45) is 0. The molecule has 0 spiro atoms. The summed E-state index contributed by atoms with van der Waals surface area (Å²) in [6.45, 7) is 23.9. The van der Waals surface area contributed by atoms with Gasteiger partial charge in [0.25, 0.3) is 0 Å². The molecule has 0 radical (unpaired) electrons. The van der Waals surface area contributed by atoms with Crippen LogP contribution in [-0.4, -0.2) is 0 Å². The van der Waals surface area contributed by atoms with Gasteiger partial charge in [0.1, 0.15) is 0 Å². The van der Waals surface area contributed by atoms with Crippen LogP contribution < -0.4 is 0 Å². The Labute approximate surface area is 126 Å². The number of aryl methyl sites for hydroxylation is 2. The predicted molar refractivity (Wildman–Crippen MR) is 89.7 cm³/mol. The van der Waals surface area contributed by atoms with Crippen molar-refractivity contribution in [3.8, 4) is 0 Å². The highest BCUT2D eigenvalue weighted by Gasteiger charge is 2.56. The van der Waals surface area contributed by atoms with Crippen LogP contribution in [0, 0.1) is 31.6 Å². The molecule has 1 aliphatic carbocycles. The molecule has 0 heterocycles. The fourth-order valence-corrected chi connectivity index (χ4v) is 4.84. The third-order valence-corrected chi connectivity index (χ3v) is 6.21. The molecule has 0 amide bonds. The maximum atomic E-state index is 2.47. The van der Waals surface area contributed by atoms with E-state index in [1.807, 2.05) is 0 Å². The van der Waals surface area contributed by atoms with Crippen LogP contribution in [0.2, 0.25) is 0 Å². The molecule has 1 atom stereocenters. The Balaban J connectivity index is 2.91. The lowest BCUT2D eigenvalue weighted by atomic mass is 9.59. The Morgan fingerprint density at radius 1 is 0.900 bits per heavy atom. The Kier molecular flexibility index (Phi) is 3.21. The summed E-state index contributed by atoms with van der Waals surface area (Å²) in [4.78, 5) is 0. The molecule has 2 rings (SSSR count). The van der Waals surface area contributed by atoms with E-state index in [-0.39, 0.29) is 10.8 Å². The van der Waals surface area contributed by atoms with Crippen molar-refractivity contribution < 1.29 is 0 Å². The zero-order valence-electron chi connectivity index (χ0n) is 15.2. The monoisotopic (exact) mass is 272 g/mol. The Morgan fingerprint density at radius 3 is 1.85 bits per heavy atom. The average molecular weight is 272 g/mol. The first-order valence-corrected chi connectivity index (χ1v) is 7.94. The highest BCUT2D eigenvalue weighted by atomic mass is 14.6. The number of hydrogen-bond donors (Lipinski definition) is 0. The summed E-state index contributed by atoms with van der Waals surface area (Å²) >= 11 is 0. The molecule has 0 bridgehead atoms. The van der Waals surface area contributed by atoms with Gasteiger partial charge in [0.2, 0.25) is 0 Å². The van der Waals surface area contributed by atoms with E-state index in [4.69, 9.17) is 0 Å². The first-order valence-electron chi connectivity index (χ1n) is 7.94. The number of hydrogen-bond acceptors (Lipinski definition) is 0. The molecule has 1 aromatic carbocycles. The summed E-state index contributed by atoms with van der Waals surface area (Å²) in [6, 6.07) is 2.39. The van der Waals surface area contributed by atoms with Gasteiger partial charge in [-0.15, -0.1) is 0 Å². The van der Waals surface area contributed by atoms with Gasteiger partial charge in [-0.25, -0.2) is 0 Å². The van der Waals surface area contributed by atoms with E-state index < -0.39 is 0 Å². The van der Waals surface area contributed by atoms with Gasteiger partial charge in [-0.3, -0.25) is 0 Å². The molecule has 0 fully saturated rings. The Bertz CT molecular complexity index is 550. The number of rotatable bonds is 0. The van der Waals surface area contributed by atoms with Crippen molar-refractivity contribution in [2.75, 3.05) is 0 Å². The van der Waals surface area contributed by atoms with Gasteiger partial charge in [0, 0.05) is 0 Å². The molecule has 1 aromatic rings. The van der Waals surface area contributed by atoms with Crippen molar-refractivity contribution in [2.45, 2.75) is 80.6 Å². The first-order chi connectivity index (χ1) is 8.83. The molecule has 0 aliphatic heterocycles. The van der Waals surface area contributed by atoms with Crippen molar-refractivity contribution in [3.05, 3.63) is 33.9 Å². The molecule has 1 aliphatic rings. The Morgan fingerprint density at radius 2 is 1.40 bits per heavy atom. The minimum atomic E-state index is 0.223. The minimum Gasteiger partial charge on any atom is -0.0596 e. The fraction of sp³-hybridized carbons (Fsp3) is 0.700. The van der Waals surface area contributed by atoms with Crippen molar-refractivity contribution in [2.24, 2.45) is 10.8 Å². The van der Waals surface area contributed by atoms with Gasteiger partial charge < -0.3 is 0 Å². The maximum absolute atomic E-state index is 2.47. The summed E-state index contributed by atoms with van der Waals surface area (Å²) in [5, 5.41) is 0. The van der Waals surface area contributed by atoms with Crippen LogP contribution in [0.5, 0.6) is 0 Å². The number of fused-ring (bicyclic) bond motifs is 1. The van der Waals surface area contributed by atoms with Gasteiger partial charge in [0.05, 0.1) is 0 Å². The van der Waals surface area contributed by atoms with Crippen LogP contribution >= 0.6 is 0 Å². The van der Waals surface area contributed by atoms with Gasteiger partial charge in [-0.1, -0.05) is 54.5 Å². The second-order valence-corrected chi connectivity index (χ2v) is 9.07. The normalized spacial score (nSPS) is 23.8. The Hall–Kier alpha value is -0.780. The average Bonchev–Trinajstić information content (AvgIpc) is 2.39. The predicted octanol–water partition coefficient (Wildman–Crippen LogP) is 6.06. The maximum Gasteiger partial charge on any atom is -0.00407 e. The lowest BCUT2D eigenvalue weighted by molar-refractivity contribution is 0.107. The number of benzene rings is 1. The summed E-state index contributed by atoms with van der Waals surface area (Å²) in [5.41, 5.74) is 8.49. The molecule has 20 heavy (non-hydrogen) atoms. The van der Waals surface area contributed by atoms with Crippen LogP contribution in [0.3, 0.4) is 0 Å². The third kappa shape index (κ3) is 1.80. The van der Waals surface area contributed by atoms with E-state index in [9.17, 15) is 0 Å². The highest BCUT2D eigenvalue weighted by Crippen LogP contribution is 2.65. The second-order valence-electron chi connectivity index (χ2n) is 9.07. The van der Waals surface area contributed by atoms with E-state index in [1.54, 1.807) is 11.1 Å². The van der Waals surface area contributed by atoms with E-state index in [0.717, 1.165) is 0 Å². The van der Waals surface area contributed by atoms with Crippen LogP contribution in [0.4, 0.5) is 0 Å². The minimum absolute atomic E-state index is 0.223. The SMILES string of the molecule is Cc1cc(C)c2c(c1C)C(C)(C)C(C)(C)C2C(C)(C)C. The molecule has 0 N–H and O–H groups in total. The zero-order chi connectivity index (χ0) is 15.7. The largest absolute Gasteiger partial charge is 0.0596 e. The standard InChI is InChI=1S/C20H32/c1-12-11-13(2)15-16(14(12)3)19(7,8)20(9,10)17(15)18(4,5)6/h11,17H,1-10H3. The van der Waals surface area contributed by atoms with Crippen LogP contribution in [0.15, 0.2) is 6.07 Å². The lowest BCUT2D eigenvalue weighted by Crippen LogP contribution is -2.39. The van der Waals surface area contributed by atoms with Crippen molar-refractivity contribution in [3.63, 3.8) is 0 Å². The van der Waals surface area contributed by atoms with E-state index in [2.05, 4.69) is 75.3 Å². The first kappa shape index (κ1) is 15.6. The molecular formula is C20H32. The zero-order valence-corrected chi connectivity index (χ0v) is 15.2.